The van der Waals surface area contributed by atoms with Crippen LogP contribution in [-0.2, 0) is 0 Å². The standard InChI is InChI=1S/C15H27N3/c1-11-8-16-14(12-2-3-12)9-18(11)15-10-17-6-4-13(15)5-7-17/h11-16H,2-10H2,1H3. The lowest BCUT2D eigenvalue weighted by molar-refractivity contribution is -0.0279. The molecule has 5 rings (SSSR count). The molecule has 0 amide bonds. The van der Waals surface area contributed by atoms with Crippen LogP contribution in [0.4, 0.5) is 0 Å². The van der Waals surface area contributed by atoms with Gasteiger partial charge in [-0.1, -0.05) is 0 Å². The van der Waals surface area contributed by atoms with E-state index in [0.29, 0.717) is 0 Å². The van der Waals surface area contributed by atoms with Crippen LogP contribution < -0.4 is 5.32 Å². The Hall–Kier alpha value is -0.120. The van der Waals surface area contributed by atoms with Crippen molar-refractivity contribution in [3.63, 3.8) is 0 Å². The number of rotatable bonds is 2. The SMILES string of the molecule is CC1CNC(C2CC2)CN1C1CN2CCC1CC2. The molecule has 0 aromatic carbocycles. The van der Waals surface area contributed by atoms with Gasteiger partial charge in [0.25, 0.3) is 0 Å². The predicted octanol–water partition coefficient (Wildman–Crippen LogP) is 1.15. The first kappa shape index (κ1) is 11.7. The lowest BCUT2D eigenvalue weighted by atomic mass is 9.82. The van der Waals surface area contributed by atoms with E-state index in [1.165, 1.54) is 58.4 Å². The van der Waals surface area contributed by atoms with E-state index >= 15 is 0 Å². The van der Waals surface area contributed by atoms with E-state index in [1.807, 2.05) is 0 Å². The highest BCUT2D eigenvalue weighted by atomic mass is 15.3. The molecule has 3 heteroatoms. The highest BCUT2D eigenvalue weighted by Crippen LogP contribution is 2.37. The van der Waals surface area contributed by atoms with Gasteiger partial charge in [0.2, 0.25) is 0 Å². The maximum atomic E-state index is 3.79. The monoisotopic (exact) mass is 249 g/mol. The van der Waals surface area contributed by atoms with Gasteiger partial charge in [-0.15, -0.1) is 0 Å². The van der Waals surface area contributed by atoms with Crippen LogP contribution in [0.15, 0.2) is 0 Å². The van der Waals surface area contributed by atoms with Crippen molar-refractivity contribution in [1.82, 2.24) is 15.1 Å². The summed E-state index contributed by atoms with van der Waals surface area (Å²) in [4.78, 5) is 5.57. The molecule has 4 heterocycles. The summed E-state index contributed by atoms with van der Waals surface area (Å²) in [6.07, 6.45) is 5.85. The Bertz CT molecular complexity index is 307. The Labute approximate surface area is 111 Å². The van der Waals surface area contributed by atoms with Crippen LogP contribution in [0.2, 0.25) is 0 Å². The van der Waals surface area contributed by atoms with Crippen LogP contribution in [0, 0.1) is 11.8 Å². The summed E-state index contributed by atoms with van der Waals surface area (Å²) in [5, 5.41) is 3.79. The summed E-state index contributed by atoms with van der Waals surface area (Å²) in [5.41, 5.74) is 0. The van der Waals surface area contributed by atoms with E-state index < -0.39 is 0 Å². The van der Waals surface area contributed by atoms with E-state index in [0.717, 1.165) is 30.0 Å². The molecule has 4 saturated heterocycles. The molecule has 18 heavy (non-hydrogen) atoms. The van der Waals surface area contributed by atoms with E-state index in [2.05, 4.69) is 22.0 Å². The van der Waals surface area contributed by atoms with Crippen LogP contribution in [0.5, 0.6) is 0 Å². The van der Waals surface area contributed by atoms with Gasteiger partial charge in [-0.3, -0.25) is 4.90 Å². The highest BCUT2D eigenvalue weighted by molar-refractivity contribution is 5.00. The lowest BCUT2D eigenvalue weighted by Crippen LogP contribution is -2.65. The zero-order valence-electron chi connectivity index (χ0n) is 11.6. The summed E-state index contributed by atoms with van der Waals surface area (Å²) in [6, 6.07) is 2.41. The average Bonchev–Trinajstić information content (AvgIpc) is 3.25. The van der Waals surface area contributed by atoms with Crippen molar-refractivity contribution in [2.24, 2.45) is 11.8 Å². The number of hydrogen-bond donors (Lipinski definition) is 1. The summed E-state index contributed by atoms with van der Waals surface area (Å²) in [7, 11) is 0. The number of piperazine rings is 1. The molecule has 0 aromatic heterocycles. The Kier molecular flexibility index (Phi) is 2.90. The maximum absolute atomic E-state index is 3.79. The van der Waals surface area contributed by atoms with Crippen molar-refractivity contribution in [1.29, 1.82) is 0 Å². The molecule has 3 atom stereocenters. The second-order valence-electron chi connectivity index (χ2n) is 7.10. The van der Waals surface area contributed by atoms with E-state index in [4.69, 9.17) is 0 Å². The fourth-order valence-electron chi connectivity index (χ4n) is 4.50. The normalized spacial score (nSPS) is 49.5. The van der Waals surface area contributed by atoms with Crippen molar-refractivity contribution < 1.29 is 0 Å². The summed E-state index contributed by atoms with van der Waals surface area (Å²) < 4.78 is 0. The molecule has 3 unspecified atom stereocenters. The van der Waals surface area contributed by atoms with Crippen molar-refractivity contribution in [2.75, 3.05) is 32.7 Å². The first-order chi connectivity index (χ1) is 8.81. The first-order valence-corrected chi connectivity index (χ1v) is 8.03. The van der Waals surface area contributed by atoms with E-state index in [-0.39, 0.29) is 0 Å². The van der Waals surface area contributed by atoms with Gasteiger partial charge in [-0.25, -0.2) is 0 Å². The zero-order chi connectivity index (χ0) is 12.1. The van der Waals surface area contributed by atoms with Crippen molar-refractivity contribution in [3.05, 3.63) is 0 Å². The molecule has 5 aliphatic rings. The molecule has 102 valence electrons. The average molecular weight is 249 g/mol. The summed E-state index contributed by atoms with van der Waals surface area (Å²) >= 11 is 0. The second kappa shape index (κ2) is 4.46. The van der Waals surface area contributed by atoms with Crippen molar-refractivity contribution >= 4 is 0 Å². The van der Waals surface area contributed by atoms with E-state index in [1.54, 1.807) is 0 Å². The Morgan fingerprint density at radius 2 is 1.72 bits per heavy atom. The Balaban J connectivity index is 1.47. The van der Waals surface area contributed by atoms with Crippen LogP contribution in [0.1, 0.15) is 32.6 Å². The van der Waals surface area contributed by atoms with Gasteiger partial charge in [0, 0.05) is 37.8 Å². The summed E-state index contributed by atoms with van der Waals surface area (Å²) in [6.45, 7) is 9.05. The highest BCUT2D eigenvalue weighted by Gasteiger charge is 2.43. The zero-order valence-corrected chi connectivity index (χ0v) is 11.6. The Morgan fingerprint density at radius 1 is 0.944 bits per heavy atom. The fourth-order valence-corrected chi connectivity index (χ4v) is 4.50. The molecule has 0 aromatic rings. The van der Waals surface area contributed by atoms with Crippen LogP contribution in [-0.4, -0.2) is 60.6 Å². The van der Waals surface area contributed by atoms with Gasteiger partial charge in [-0.2, -0.15) is 0 Å². The predicted molar refractivity (Wildman–Crippen MR) is 73.6 cm³/mol. The van der Waals surface area contributed by atoms with Crippen molar-refractivity contribution in [3.8, 4) is 0 Å². The molecular formula is C15H27N3. The lowest BCUT2D eigenvalue weighted by Gasteiger charge is -2.53. The topological polar surface area (TPSA) is 18.5 Å². The molecule has 1 saturated carbocycles. The van der Waals surface area contributed by atoms with Gasteiger partial charge < -0.3 is 10.2 Å². The van der Waals surface area contributed by atoms with Gasteiger partial charge in [0.15, 0.2) is 0 Å². The molecule has 1 aliphatic carbocycles. The van der Waals surface area contributed by atoms with Crippen LogP contribution in [0.3, 0.4) is 0 Å². The van der Waals surface area contributed by atoms with Crippen molar-refractivity contribution in [2.45, 2.75) is 50.7 Å². The molecule has 5 fully saturated rings. The minimum absolute atomic E-state index is 0.741. The third-order valence-corrected chi connectivity index (χ3v) is 5.89. The molecule has 1 N–H and O–H groups in total. The van der Waals surface area contributed by atoms with Gasteiger partial charge in [-0.05, 0) is 57.5 Å². The minimum atomic E-state index is 0.741. The molecule has 2 bridgehead atoms. The van der Waals surface area contributed by atoms with Gasteiger partial charge >= 0.3 is 0 Å². The van der Waals surface area contributed by atoms with Crippen LogP contribution in [0.25, 0.3) is 0 Å². The number of fused-ring (bicyclic) bond motifs is 3. The third-order valence-electron chi connectivity index (χ3n) is 5.89. The molecule has 0 radical (unpaired) electrons. The van der Waals surface area contributed by atoms with Gasteiger partial charge in [0.1, 0.15) is 0 Å². The summed E-state index contributed by atoms with van der Waals surface area (Å²) in [5.74, 6) is 2.00. The number of nitrogens with zero attached hydrogens (tertiary/aromatic N) is 2. The van der Waals surface area contributed by atoms with Gasteiger partial charge in [0.05, 0.1) is 0 Å². The molecular weight excluding hydrogens is 222 g/mol. The molecule has 3 nitrogen and oxygen atoms in total. The maximum Gasteiger partial charge on any atom is 0.0256 e. The fraction of sp³-hybridized carbons (Fsp3) is 1.00. The number of piperidine rings is 3. The largest absolute Gasteiger partial charge is 0.311 e. The van der Waals surface area contributed by atoms with E-state index in [9.17, 15) is 0 Å². The number of nitrogens with one attached hydrogen (secondary N) is 1. The molecule has 0 spiro atoms. The first-order valence-electron chi connectivity index (χ1n) is 8.03. The smallest absolute Gasteiger partial charge is 0.0256 e. The number of hydrogen-bond acceptors (Lipinski definition) is 3. The van der Waals surface area contributed by atoms with Crippen LogP contribution >= 0.6 is 0 Å². The molecule has 4 aliphatic heterocycles. The second-order valence-corrected chi connectivity index (χ2v) is 7.10. The Morgan fingerprint density at radius 3 is 2.33 bits per heavy atom. The third kappa shape index (κ3) is 2.00. The minimum Gasteiger partial charge on any atom is -0.311 e. The quantitative estimate of drug-likeness (QED) is 0.792.